The second-order valence-corrected chi connectivity index (χ2v) is 7.11. The normalized spacial score (nSPS) is 26.4. The van der Waals surface area contributed by atoms with Crippen molar-refractivity contribution < 1.29 is 0 Å². The summed E-state index contributed by atoms with van der Waals surface area (Å²) >= 11 is 0. The van der Waals surface area contributed by atoms with Gasteiger partial charge in [-0.3, -0.25) is 4.90 Å². The van der Waals surface area contributed by atoms with Gasteiger partial charge in [0, 0.05) is 25.7 Å². The lowest BCUT2D eigenvalue weighted by atomic mass is 9.99. The van der Waals surface area contributed by atoms with Crippen LogP contribution in [0.1, 0.15) is 56.6 Å². The first-order valence-electron chi connectivity index (χ1n) is 8.80. The Bertz CT molecular complexity index is 439. The largest absolute Gasteiger partial charge is 0.316 e. The highest BCUT2D eigenvalue weighted by atomic mass is 15.2. The van der Waals surface area contributed by atoms with Gasteiger partial charge in [0.05, 0.1) is 0 Å². The van der Waals surface area contributed by atoms with E-state index in [9.17, 15) is 0 Å². The van der Waals surface area contributed by atoms with E-state index in [1.54, 1.807) is 0 Å². The van der Waals surface area contributed by atoms with E-state index in [0.717, 1.165) is 31.6 Å². The van der Waals surface area contributed by atoms with Crippen LogP contribution in [-0.4, -0.2) is 30.6 Å². The van der Waals surface area contributed by atoms with E-state index in [1.807, 2.05) is 0 Å². The molecule has 2 nitrogen and oxygen atoms in total. The molecule has 3 rings (SSSR count). The molecule has 1 aliphatic carbocycles. The van der Waals surface area contributed by atoms with Gasteiger partial charge in [-0.2, -0.15) is 0 Å². The van der Waals surface area contributed by atoms with Crippen LogP contribution in [0.5, 0.6) is 0 Å². The van der Waals surface area contributed by atoms with Gasteiger partial charge in [-0.05, 0) is 55.2 Å². The van der Waals surface area contributed by atoms with Crippen LogP contribution in [0.3, 0.4) is 0 Å². The van der Waals surface area contributed by atoms with Gasteiger partial charge in [0.15, 0.2) is 0 Å². The molecule has 1 saturated heterocycles. The molecule has 0 spiro atoms. The first-order chi connectivity index (χ1) is 10.3. The van der Waals surface area contributed by atoms with Gasteiger partial charge >= 0.3 is 0 Å². The number of hydrogen-bond acceptors (Lipinski definition) is 2. The molecule has 1 aliphatic heterocycles. The number of hydrogen-bond donors (Lipinski definition) is 1. The van der Waals surface area contributed by atoms with Crippen LogP contribution in [0, 0.1) is 5.92 Å². The minimum Gasteiger partial charge on any atom is -0.316 e. The standard InChI is InChI=1S/C19H30N2/c1-3-10-20-12-15(2)18-7-4-16(5-8-18)13-21-14-17-6-9-19(21)11-17/h4-5,7-8,15,17,19-20H,3,6,9-14H2,1-2H3. The Hall–Kier alpha value is -0.860. The van der Waals surface area contributed by atoms with Crippen molar-refractivity contribution in [1.29, 1.82) is 0 Å². The molecule has 2 bridgehead atoms. The van der Waals surface area contributed by atoms with Crippen molar-refractivity contribution in [2.45, 2.75) is 58.0 Å². The van der Waals surface area contributed by atoms with E-state index in [0.29, 0.717) is 5.92 Å². The number of piperidine rings is 1. The summed E-state index contributed by atoms with van der Waals surface area (Å²) in [5.41, 5.74) is 2.95. The van der Waals surface area contributed by atoms with Crippen LogP contribution in [0.2, 0.25) is 0 Å². The summed E-state index contributed by atoms with van der Waals surface area (Å²) in [6.45, 7) is 9.24. The summed E-state index contributed by atoms with van der Waals surface area (Å²) in [6, 6.07) is 10.2. The molecule has 0 aromatic heterocycles. The van der Waals surface area contributed by atoms with Crippen LogP contribution < -0.4 is 5.32 Å². The van der Waals surface area contributed by atoms with Crippen molar-refractivity contribution in [2.24, 2.45) is 5.92 Å². The zero-order valence-electron chi connectivity index (χ0n) is 13.6. The van der Waals surface area contributed by atoms with Crippen molar-refractivity contribution in [1.82, 2.24) is 10.2 Å². The van der Waals surface area contributed by atoms with E-state index in [-0.39, 0.29) is 0 Å². The van der Waals surface area contributed by atoms with Crippen LogP contribution in [-0.2, 0) is 6.54 Å². The highest BCUT2D eigenvalue weighted by Crippen LogP contribution is 2.38. The average molecular weight is 286 g/mol. The minimum atomic E-state index is 0.605. The lowest BCUT2D eigenvalue weighted by Crippen LogP contribution is -2.31. The zero-order chi connectivity index (χ0) is 14.7. The number of rotatable bonds is 7. The Morgan fingerprint density at radius 1 is 1.24 bits per heavy atom. The third kappa shape index (κ3) is 3.67. The van der Waals surface area contributed by atoms with Crippen molar-refractivity contribution in [3.05, 3.63) is 35.4 Å². The van der Waals surface area contributed by atoms with Gasteiger partial charge in [-0.25, -0.2) is 0 Å². The SMILES string of the molecule is CCCNCC(C)c1ccc(CN2CC3CCC2C3)cc1. The van der Waals surface area contributed by atoms with Crippen molar-refractivity contribution in [3.8, 4) is 0 Å². The van der Waals surface area contributed by atoms with E-state index in [1.165, 1.54) is 43.4 Å². The van der Waals surface area contributed by atoms with Gasteiger partial charge in [0.2, 0.25) is 0 Å². The van der Waals surface area contributed by atoms with Crippen LogP contribution >= 0.6 is 0 Å². The zero-order valence-corrected chi connectivity index (χ0v) is 13.6. The molecule has 1 N–H and O–H groups in total. The van der Waals surface area contributed by atoms with Crippen molar-refractivity contribution >= 4 is 0 Å². The first-order valence-corrected chi connectivity index (χ1v) is 8.80. The highest BCUT2D eigenvalue weighted by Gasteiger charge is 2.37. The average Bonchev–Trinajstić information content (AvgIpc) is 3.11. The summed E-state index contributed by atoms with van der Waals surface area (Å²) in [4.78, 5) is 2.70. The number of nitrogens with one attached hydrogen (secondary N) is 1. The lowest BCUT2D eigenvalue weighted by molar-refractivity contribution is 0.205. The molecule has 3 atom stereocenters. The fourth-order valence-electron chi connectivity index (χ4n) is 4.02. The van der Waals surface area contributed by atoms with Gasteiger partial charge in [-0.15, -0.1) is 0 Å². The molecule has 2 heteroatoms. The van der Waals surface area contributed by atoms with Gasteiger partial charge in [0.25, 0.3) is 0 Å². The minimum absolute atomic E-state index is 0.605. The number of likely N-dealkylation sites (tertiary alicyclic amines) is 1. The van der Waals surface area contributed by atoms with Gasteiger partial charge in [-0.1, -0.05) is 38.1 Å². The van der Waals surface area contributed by atoms with Crippen molar-refractivity contribution in [3.63, 3.8) is 0 Å². The summed E-state index contributed by atoms with van der Waals surface area (Å²) < 4.78 is 0. The quantitative estimate of drug-likeness (QED) is 0.768. The summed E-state index contributed by atoms with van der Waals surface area (Å²) in [7, 11) is 0. The first kappa shape index (κ1) is 15.1. The van der Waals surface area contributed by atoms with Crippen LogP contribution in [0.15, 0.2) is 24.3 Å². The fraction of sp³-hybridized carbons (Fsp3) is 0.684. The maximum atomic E-state index is 3.52. The molecule has 1 aromatic carbocycles. The van der Waals surface area contributed by atoms with Gasteiger partial charge < -0.3 is 5.32 Å². The molecule has 1 saturated carbocycles. The van der Waals surface area contributed by atoms with E-state index < -0.39 is 0 Å². The Balaban J connectivity index is 1.52. The molecular formula is C19H30N2. The maximum absolute atomic E-state index is 3.52. The molecular weight excluding hydrogens is 256 g/mol. The third-order valence-corrected chi connectivity index (χ3v) is 5.33. The Morgan fingerprint density at radius 2 is 2.05 bits per heavy atom. The third-order valence-electron chi connectivity index (χ3n) is 5.33. The molecule has 2 aliphatic rings. The monoisotopic (exact) mass is 286 g/mol. The second-order valence-electron chi connectivity index (χ2n) is 7.11. The van der Waals surface area contributed by atoms with Crippen molar-refractivity contribution in [2.75, 3.05) is 19.6 Å². The summed E-state index contributed by atoms with van der Waals surface area (Å²) in [5.74, 6) is 1.60. The van der Waals surface area contributed by atoms with Crippen LogP contribution in [0.25, 0.3) is 0 Å². The second kappa shape index (κ2) is 6.93. The molecule has 0 radical (unpaired) electrons. The van der Waals surface area contributed by atoms with E-state index >= 15 is 0 Å². The summed E-state index contributed by atoms with van der Waals surface area (Å²) in [5, 5.41) is 3.52. The van der Waals surface area contributed by atoms with Crippen LogP contribution in [0.4, 0.5) is 0 Å². The van der Waals surface area contributed by atoms with E-state index in [2.05, 4.69) is 48.3 Å². The predicted octanol–water partition coefficient (Wildman–Crippen LogP) is 3.77. The number of fused-ring (bicyclic) bond motifs is 2. The fourth-order valence-corrected chi connectivity index (χ4v) is 4.02. The molecule has 3 unspecified atom stereocenters. The molecule has 1 heterocycles. The Morgan fingerprint density at radius 3 is 2.67 bits per heavy atom. The smallest absolute Gasteiger partial charge is 0.0236 e. The predicted molar refractivity (Wildman–Crippen MR) is 89.6 cm³/mol. The molecule has 21 heavy (non-hydrogen) atoms. The lowest BCUT2D eigenvalue weighted by Gasteiger charge is -2.26. The Labute approximate surface area is 129 Å². The summed E-state index contributed by atoms with van der Waals surface area (Å²) in [6.07, 6.45) is 5.58. The maximum Gasteiger partial charge on any atom is 0.0236 e. The van der Waals surface area contributed by atoms with Gasteiger partial charge in [0.1, 0.15) is 0 Å². The molecule has 116 valence electrons. The molecule has 2 fully saturated rings. The topological polar surface area (TPSA) is 15.3 Å². The molecule has 0 amide bonds. The van der Waals surface area contributed by atoms with E-state index in [4.69, 9.17) is 0 Å². The Kier molecular flexibility index (Phi) is 4.97. The number of benzene rings is 1. The highest BCUT2D eigenvalue weighted by molar-refractivity contribution is 5.25. The number of nitrogens with zero attached hydrogens (tertiary/aromatic N) is 1. The molecule has 1 aromatic rings.